The highest BCUT2D eigenvalue weighted by Crippen LogP contribution is 2.37. The van der Waals surface area contributed by atoms with E-state index in [4.69, 9.17) is 4.74 Å². The van der Waals surface area contributed by atoms with Crippen molar-refractivity contribution in [1.29, 1.82) is 0 Å². The minimum atomic E-state index is -0.338. The zero-order valence-electron chi connectivity index (χ0n) is 16.5. The predicted molar refractivity (Wildman–Crippen MR) is 118 cm³/mol. The first kappa shape index (κ1) is 19.7. The van der Waals surface area contributed by atoms with Crippen LogP contribution in [0.15, 0.2) is 60.2 Å². The summed E-state index contributed by atoms with van der Waals surface area (Å²) in [5, 5.41) is 5.55. The van der Waals surface area contributed by atoms with E-state index in [0.29, 0.717) is 17.1 Å². The summed E-state index contributed by atoms with van der Waals surface area (Å²) in [5.41, 5.74) is 4.26. The van der Waals surface area contributed by atoms with Gasteiger partial charge in [-0.1, -0.05) is 42.0 Å². The van der Waals surface area contributed by atoms with Gasteiger partial charge in [0.2, 0.25) is 5.88 Å². The Hall–Kier alpha value is -3.58. The summed E-state index contributed by atoms with van der Waals surface area (Å²) < 4.78 is 5.75. The Balaban J connectivity index is 1.53. The highest BCUT2D eigenvalue weighted by atomic mass is 32.1. The van der Waals surface area contributed by atoms with Crippen LogP contribution in [0.25, 0.3) is 21.3 Å². The number of rotatable bonds is 6. The fourth-order valence-corrected chi connectivity index (χ4v) is 3.96. The molecule has 4 aromatic rings. The van der Waals surface area contributed by atoms with Gasteiger partial charge in [0, 0.05) is 22.2 Å². The van der Waals surface area contributed by atoms with Gasteiger partial charge in [0.15, 0.2) is 12.4 Å². The lowest BCUT2D eigenvalue weighted by Crippen LogP contribution is -2.20. The Morgan fingerprint density at radius 2 is 1.90 bits per heavy atom. The molecular formula is C23H19N3O3S. The van der Waals surface area contributed by atoms with Crippen molar-refractivity contribution in [2.45, 2.75) is 13.8 Å². The summed E-state index contributed by atoms with van der Waals surface area (Å²) in [6.07, 6.45) is 1.43. The first-order valence-electron chi connectivity index (χ1n) is 9.34. The van der Waals surface area contributed by atoms with E-state index in [0.717, 1.165) is 21.3 Å². The lowest BCUT2D eigenvalue weighted by atomic mass is 10.0. The van der Waals surface area contributed by atoms with E-state index in [1.54, 1.807) is 24.3 Å². The Morgan fingerprint density at radius 3 is 2.67 bits per heavy atom. The van der Waals surface area contributed by atoms with Crippen molar-refractivity contribution in [1.82, 2.24) is 9.97 Å². The van der Waals surface area contributed by atoms with Crippen molar-refractivity contribution in [2.75, 3.05) is 11.9 Å². The zero-order chi connectivity index (χ0) is 21.1. The number of carbonyl (C=O) groups excluding carboxylic acids is 2. The molecule has 2 aromatic heterocycles. The number of fused-ring (bicyclic) bond motifs is 1. The summed E-state index contributed by atoms with van der Waals surface area (Å²) in [7, 11) is 0. The van der Waals surface area contributed by atoms with Gasteiger partial charge in [-0.25, -0.2) is 9.97 Å². The molecule has 0 saturated heterocycles. The summed E-state index contributed by atoms with van der Waals surface area (Å²) in [6, 6.07) is 15.0. The molecule has 0 spiro atoms. The second-order valence-electron chi connectivity index (χ2n) is 6.85. The van der Waals surface area contributed by atoms with Crippen molar-refractivity contribution >= 4 is 38.9 Å². The molecule has 0 atom stereocenters. The number of aryl methyl sites for hydroxylation is 1. The number of aromatic nitrogens is 2. The van der Waals surface area contributed by atoms with Crippen LogP contribution in [0.5, 0.6) is 5.88 Å². The molecule has 0 unspecified atom stereocenters. The van der Waals surface area contributed by atoms with Gasteiger partial charge >= 0.3 is 0 Å². The lowest BCUT2D eigenvalue weighted by Gasteiger charge is -2.09. The SMILES string of the molecule is CC(=O)c1cccc(NC(=O)COc2ncnc3scc(-c4ccc(C)cc4)c23)c1. The van der Waals surface area contributed by atoms with E-state index in [2.05, 4.69) is 15.3 Å². The average molecular weight is 417 g/mol. The number of ketones is 1. The molecule has 4 rings (SSSR count). The molecule has 0 radical (unpaired) electrons. The number of carbonyl (C=O) groups is 2. The third-order valence-electron chi connectivity index (χ3n) is 4.59. The number of nitrogens with one attached hydrogen (secondary N) is 1. The number of hydrogen-bond acceptors (Lipinski definition) is 6. The maximum atomic E-state index is 12.4. The molecule has 1 amide bonds. The summed E-state index contributed by atoms with van der Waals surface area (Å²) in [6.45, 7) is 3.31. The molecule has 2 aromatic carbocycles. The Kier molecular flexibility index (Phi) is 5.54. The van der Waals surface area contributed by atoms with Crippen LogP contribution in [0.4, 0.5) is 5.69 Å². The maximum absolute atomic E-state index is 12.4. The zero-order valence-corrected chi connectivity index (χ0v) is 17.3. The summed E-state index contributed by atoms with van der Waals surface area (Å²) >= 11 is 1.50. The lowest BCUT2D eigenvalue weighted by molar-refractivity contribution is -0.118. The molecule has 2 heterocycles. The van der Waals surface area contributed by atoms with Crippen molar-refractivity contribution in [3.05, 3.63) is 71.4 Å². The largest absolute Gasteiger partial charge is 0.467 e. The van der Waals surface area contributed by atoms with Gasteiger partial charge < -0.3 is 10.1 Å². The van der Waals surface area contributed by atoms with Crippen LogP contribution < -0.4 is 10.1 Å². The van der Waals surface area contributed by atoms with Gasteiger partial charge in [0.25, 0.3) is 5.91 Å². The normalized spacial score (nSPS) is 10.7. The minimum absolute atomic E-state index is 0.0631. The molecule has 0 saturated carbocycles. The van der Waals surface area contributed by atoms with E-state index in [9.17, 15) is 9.59 Å². The van der Waals surface area contributed by atoms with E-state index in [1.165, 1.54) is 30.2 Å². The molecule has 1 N–H and O–H groups in total. The number of nitrogens with zero attached hydrogens (tertiary/aromatic N) is 2. The average Bonchev–Trinajstić information content (AvgIpc) is 3.18. The van der Waals surface area contributed by atoms with Crippen LogP contribution in [0, 0.1) is 6.92 Å². The Morgan fingerprint density at radius 1 is 1.10 bits per heavy atom. The number of amides is 1. The van der Waals surface area contributed by atoms with Crippen LogP contribution in [0.3, 0.4) is 0 Å². The minimum Gasteiger partial charge on any atom is -0.467 e. The number of anilines is 1. The summed E-state index contributed by atoms with van der Waals surface area (Å²) in [5.74, 6) is -0.0362. The third-order valence-corrected chi connectivity index (χ3v) is 5.48. The second-order valence-corrected chi connectivity index (χ2v) is 7.71. The number of Topliss-reactive ketones (excluding diaryl/α,β-unsaturated/α-hetero) is 1. The highest BCUT2D eigenvalue weighted by Gasteiger charge is 2.15. The standard InChI is InChI=1S/C23H19N3O3S/c1-14-6-8-16(9-7-14)19-12-30-23-21(19)22(24-13-25-23)29-11-20(28)26-18-5-3-4-17(10-18)15(2)27/h3-10,12-13H,11H2,1-2H3,(H,26,28). The van der Waals surface area contributed by atoms with Crippen LogP contribution in [-0.2, 0) is 4.79 Å². The summed E-state index contributed by atoms with van der Waals surface area (Å²) in [4.78, 5) is 33.2. The van der Waals surface area contributed by atoms with E-state index in [-0.39, 0.29) is 18.3 Å². The van der Waals surface area contributed by atoms with Crippen molar-refractivity contribution in [2.24, 2.45) is 0 Å². The van der Waals surface area contributed by atoms with Gasteiger partial charge in [0.1, 0.15) is 11.2 Å². The van der Waals surface area contributed by atoms with E-state index >= 15 is 0 Å². The molecule has 30 heavy (non-hydrogen) atoms. The number of ether oxygens (including phenoxy) is 1. The molecular weight excluding hydrogens is 398 g/mol. The molecule has 0 fully saturated rings. The number of thiophene rings is 1. The van der Waals surface area contributed by atoms with Crippen molar-refractivity contribution in [3.63, 3.8) is 0 Å². The van der Waals surface area contributed by atoms with Gasteiger partial charge in [-0.3, -0.25) is 9.59 Å². The van der Waals surface area contributed by atoms with Crippen molar-refractivity contribution in [3.8, 4) is 17.0 Å². The fourth-order valence-electron chi connectivity index (χ4n) is 3.05. The molecule has 150 valence electrons. The third kappa shape index (κ3) is 4.21. The maximum Gasteiger partial charge on any atom is 0.262 e. The van der Waals surface area contributed by atoms with Crippen LogP contribution in [-0.4, -0.2) is 28.3 Å². The fraction of sp³-hybridized carbons (Fsp3) is 0.130. The van der Waals surface area contributed by atoms with E-state index < -0.39 is 0 Å². The number of hydrogen-bond donors (Lipinski definition) is 1. The van der Waals surface area contributed by atoms with Crippen LogP contribution in [0.2, 0.25) is 0 Å². The molecule has 0 bridgehead atoms. The van der Waals surface area contributed by atoms with Gasteiger partial charge in [-0.15, -0.1) is 11.3 Å². The monoisotopic (exact) mass is 417 g/mol. The van der Waals surface area contributed by atoms with Gasteiger partial charge in [-0.2, -0.15) is 0 Å². The van der Waals surface area contributed by atoms with Gasteiger partial charge in [0.05, 0.1) is 5.39 Å². The Labute approximate surface area is 177 Å². The molecule has 0 aliphatic heterocycles. The predicted octanol–water partition coefficient (Wildman–Crippen LogP) is 4.89. The quantitative estimate of drug-likeness (QED) is 0.452. The Bertz CT molecular complexity index is 1230. The topological polar surface area (TPSA) is 81.2 Å². The first-order valence-corrected chi connectivity index (χ1v) is 10.2. The molecule has 0 aliphatic rings. The van der Waals surface area contributed by atoms with Gasteiger partial charge in [-0.05, 0) is 31.5 Å². The van der Waals surface area contributed by atoms with Crippen LogP contribution >= 0.6 is 11.3 Å². The first-order chi connectivity index (χ1) is 14.5. The van der Waals surface area contributed by atoms with E-state index in [1.807, 2.05) is 36.6 Å². The highest BCUT2D eigenvalue weighted by molar-refractivity contribution is 7.17. The second kappa shape index (κ2) is 8.42. The van der Waals surface area contributed by atoms with Crippen molar-refractivity contribution < 1.29 is 14.3 Å². The van der Waals surface area contributed by atoms with Crippen LogP contribution in [0.1, 0.15) is 22.8 Å². The molecule has 0 aliphatic carbocycles. The molecule has 7 heteroatoms. The smallest absolute Gasteiger partial charge is 0.262 e. The molecule has 6 nitrogen and oxygen atoms in total. The number of benzene rings is 2.